The van der Waals surface area contributed by atoms with E-state index < -0.39 is 11.9 Å². The van der Waals surface area contributed by atoms with Crippen LogP contribution in [0, 0.1) is 0 Å². The van der Waals surface area contributed by atoms with E-state index in [2.05, 4.69) is 20.4 Å². The Hall–Kier alpha value is -2.49. The smallest absolute Gasteiger partial charge is 0.414 e. The first-order chi connectivity index (χ1) is 12.9. The fraction of sp³-hybridized carbons (Fsp3) is 0.706. The van der Waals surface area contributed by atoms with E-state index in [1.54, 1.807) is 0 Å². The molecule has 3 N–H and O–H groups in total. The van der Waals surface area contributed by atoms with Crippen molar-refractivity contribution in [2.24, 2.45) is 0 Å². The molecule has 0 spiro atoms. The summed E-state index contributed by atoms with van der Waals surface area (Å²) in [6, 6.07) is 0.409. The molecule has 3 aliphatic rings. The number of aliphatic carboxylic acids is 2. The third kappa shape index (κ3) is 5.49. The van der Waals surface area contributed by atoms with E-state index in [0.717, 1.165) is 37.6 Å². The number of carboxylic acids is 2. The maximum atomic E-state index is 11.9. The van der Waals surface area contributed by atoms with Gasteiger partial charge in [-0.25, -0.2) is 9.59 Å². The minimum Gasteiger partial charge on any atom is -0.473 e. The predicted octanol–water partition coefficient (Wildman–Crippen LogP) is 0.561. The SMILES string of the molecule is O=C(CN1CC(c2nc(C3CC3)no2)C1)NC1CCCC1.O=C(O)C(=O)O. The summed E-state index contributed by atoms with van der Waals surface area (Å²) in [5, 5.41) is 22.0. The van der Waals surface area contributed by atoms with Crippen molar-refractivity contribution in [1.29, 1.82) is 0 Å². The van der Waals surface area contributed by atoms with Gasteiger partial charge in [0.05, 0.1) is 12.5 Å². The number of carbonyl (C=O) groups is 3. The summed E-state index contributed by atoms with van der Waals surface area (Å²) in [4.78, 5) is 36.8. The van der Waals surface area contributed by atoms with Gasteiger partial charge in [-0.2, -0.15) is 4.98 Å². The van der Waals surface area contributed by atoms with Crippen LogP contribution in [0.4, 0.5) is 0 Å². The first-order valence-electron chi connectivity index (χ1n) is 9.23. The summed E-state index contributed by atoms with van der Waals surface area (Å²) in [6.07, 6.45) is 7.16. The van der Waals surface area contributed by atoms with Gasteiger partial charge in [0.2, 0.25) is 11.8 Å². The van der Waals surface area contributed by atoms with E-state index >= 15 is 0 Å². The average molecular weight is 380 g/mol. The molecule has 1 amide bonds. The topological polar surface area (TPSA) is 146 Å². The normalized spacial score (nSPS) is 20.4. The number of rotatable bonds is 5. The van der Waals surface area contributed by atoms with Crippen molar-refractivity contribution in [3.63, 3.8) is 0 Å². The van der Waals surface area contributed by atoms with Crippen LogP contribution in [-0.2, 0) is 14.4 Å². The second-order valence-electron chi connectivity index (χ2n) is 7.32. The van der Waals surface area contributed by atoms with Crippen LogP contribution in [-0.4, -0.2) is 68.8 Å². The van der Waals surface area contributed by atoms with Crippen molar-refractivity contribution in [3.8, 4) is 0 Å². The number of amides is 1. The highest BCUT2D eigenvalue weighted by Crippen LogP contribution is 2.39. The van der Waals surface area contributed by atoms with Gasteiger partial charge in [0.15, 0.2) is 5.82 Å². The lowest BCUT2D eigenvalue weighted by Gasteiger charge is -2.36. The fourth-order valence-electron chi connectivity index (χ4n) is 3.32. The first-order valence-corrected chi connectivity index (χ1v) is 9.23. The molecule has 2 heterocycles. The van der Waals surface area contributed by atoms with Crippen LogP contribution in [0.2, 0.25) is 0 Å². The van der Waals surface area contributed by atoms with E-state index in [9.17, 15) is 4.79 Å². The van der Waals surface area contributed by atoms with Crippen LogP contribution in [0.3, 0.4) is 0 Å². The maximum absolute atomic E-state index is 11.9. The molecule has 10 nitrogen and oxygen atoms in total. The summed E-state index contributed by atoms with van der Waals surface area (Å²) in [6.45, 7) is 2.20. The first kappa shape index (κ1) is 19.3. The van der Waals surface area contributed by atoms with Crippen molar-refractivity contribution >= 4 is 17.8 Å². The predicted molar refractivity (Wildman–Crippen MR) is 91.1 cm³/mol. The summed E-state index contributed by atoms with van der Waals surface area (Å²) in [5.41, 5.74) is 0. The Morgan fingerprint density at radius 3 is 2.22 bits per heavy atom. The summed E-state index contributed by atoms with van der Waals surface area (Å²) >= 11 is 0. The molecule has 1 aromatic heterocycles. The lowest BCUT2D eigenvalue weighted by atomic mass is 10.0. The fourth-order valence-corrected chi connectivity index (χ4v) is 3.32. The van der Waals surface area contributed by atoms with E-state index in [1.807, 2.05) is 0 Å². The molecule has 4 rings (SSSR count). The van der Waals surface area contributed by atoms with E-state index in [-0.39, 0.29) is 5.91 Å². The molecule has 0 aromatic carbocycles. The van der Waals surface area contributed by atoms with Gasteiger partial charge in [-0.3, -0.25) is 9.69 Å². The van der Waals surface area contributed by atoms with Crippen molar-refractivity contribution in [2.45, 2.75) is 56.4 Å². The number of nitrogens with one attached hydrogen (secondary N) is 1. The Morgan fingerprint density at radius 2 is 1.67 bits per heavy atom. The van der Waals surface area contributed by atoms with Crippen LogP contribution < -0.4 is 5.32 Å². The zero-order chi connectivity index (χ0) is 19.4. The van der Waals surface area contributed by atoms with Crippen LogP contribution in [0.5, 0.6) is 0 Å². The molecule has 1 aromatic rings. The van der Waals surface area contributed by atoms with E-state index in [0.29, 0.717) is 24.4 Å². The largest absolute Gasteiger partial charge is 0.473 e. The van der Waals surface area contributed by atoms with Gasteiger partial charge in [0.25, 0.3) is 0 Å². The van der Waals surface area contributed by atoms with Gasteiger partial charge in [0.1, 0.15) is 0 Å². The Labute approximate surface area is 155 Å². The minimum atomic E-state index is -1.82. The highest BCUT2D eigenvalue weighted by molar-refractivity contribution is 6.27. The number of carbonyl (C=O) groups excluding carboxylic acids is 1. The second-order valence-corrected chi connectivity index (χ2v) is 7.32. The molecule has 0 unspecified atom stereocenters. The molecule has 3 fully saturated rings. The van der Waals surface area contributed by atoms with E-state index in [1.165, 1.54) is 25.7 Å². The second kappa shape index (κ2) is 8.47. The number of likely N-dealkylation sites (tertiary alicyclic amines) is 1. The van der Waals surface area contributed by atoms with Crippen molar-refractivity contribution < 1.29 is 29.1 Å². The highest BCUT2D eigenvalue weighted by atomic mass is 16.5. The molecule has 0 atom stereocenters. The van der Waals surface area contributed by atoms with Crippen LogP contribution >= 0.6 is 0 Å². The Morgan fingerprint density at radius 1 is 1.04 bits per heavy atom. The Balaban J connectivity index is 0.000000307. The quantitative estimate of drug-likeness (QED) is 0.624. The molecular weight excluding hydrogens is 356 g/mol. The Kier molecular flexibility index (Phi) is 6.04. The zero-order valence-electron chi connectivity index (χ0n) is 15.0. The van der Waals surface area contributed by atoms with Crippen LogP contribution in [0.25, 0.3) is 0 Å². The number of nitrogens with zero attached hydrogens (tertiary/aromatic N) is 3. The lowest BCUT2D eigenvalue weighted by molar-refractivity contribution is -0.159. The van der Waals surface area contributed by atoms with Gasteiger partial charge < -0.3 is 20.1 Å². The average Bonchev–Trinajstić information content (AvgIpc) is 3.10. The molecule has 0 radical (unpaired) electrons. The van der Waals surface area contributed by atoms with Gasteiger partial charge in [-0.05, 0) is 25.7 Å². The van der Waals surface area contributed by atoms with Crippen LogP contribution in [0.1, 0.15) is 62.1 Å². The van der Waals surface area contributed by atoms with Crippen LogP contribution in [0.15, 0.2) is 4.52 Å². The molecule has 10 heteroatoms. The monoisotopic (exact) mass is 380 g/mol. The molecule has 1 aliphatic heterocycles. The zero-order valence-corrected chi connectivity index (χ0v) is 15.0. The lowest BCUT2D eigenvalue weighted by Crippen LogP contribution is -2.50. The highest BCUT2D eigenvalue weighted by Gasteiger charge is 2.36. The number of hydrogen-bond acceptors (Lipinski definition) is 7. The number of carboxylic acid groups (broad SMARTS) is 2. The van der Waals surface area contributed by atoms with Gasteiger partial charge in [-0.1, -0.05) is 18.0 Å². The standard InChI is InChI=1S/C15H22N4O2.C2H2O4/c20-13(16-12-3-1-2-4-12)9-19-7-11(8-19)15-17-14(18-21-15)10-5-6-10;3-1(4)2(5)6/h10-12H,1-9H2,(H,16,20);(H,3,4)(H,5,6). The molecule has 1 saturated heterocycles. The number of hydrogen-bond donors (Lipinski definition) is 3. The van der Waals surface area contributed by atoms with Crippen molar-refractivity contribution in [1.82, 2.24) is 20.4 Å². The summed E-state index contributed by atoms with van der Waals surface area (Å²) in [5.74, 6) is -1.01. The summed E-state index contributed by atoms with van der Waals surface area (Å²) in [7, 11) is 0. The summed E-state index contributed by atoms with van der Waals surface area (Å²) < 4.78 is 5.34. The van der Waals surface area contributed by atoms with Gasteiger partial charge in [-0.15, -0.1) is 0 Å². The molecule has 0 bridgehead atoms. The molecule has 2 aliphatic carbocycles. The molecule has 2 saturated carbocycles. The third-order valence-electron chi connectivity index (χ3n) is 4.98. The third-order valence-corrected chi connectivity index (χ3v) is 4.98. The molecule has 148 valence electrons. The Bertz CT molecular complexity index is 677. The minimum absolute atomic E-state index is 0.157. The molecule has 27 heavy (non-hydrogen) atoms. The van der Waals surface area contributed by atoms with Crippen molar-refractivity contribution in [3.05, 3.63) is 11.7 Å². The van der Waals surface area contributed by atoms with Gasteiger partial charge in [0, 0.05) is 25.0 Å². The van der Waals surface area contributed by atoms with E-state index in [4.69, 9.17) is 24.3 Å². The molecular formula is C17H24N4O6. The number of aromatic nitrogens is 2. The van der Waals surface area contributed by atoms with Gasteiger partial charge >= 0.3 is 11.9 Å². The maximum Gasteiger partial charge on any atom is 0.414 e. The van der Waals surface area contributed by atoms with Crippen molar-refractivity contribution in [2.75, 3.05) is 19.6 Å².